The molecule has 25 heavy (non-hydrogen) atoms. The first-order valence-corrected chi connectivity index (χ1v) is 9.02. The molecule has 1 aliphatic heterocycles. The highest BCUT2D eigenvalue weighted by molar-refractivity contribution is 7.89. The summed E-state index contributed by atoms with van der Waals surface area (Å²) in [5, 5.41) is 11.8. The normalized spacial score (nSPS) is 15.1. The van der Waals surface area contributed by atoms with Gasteiger partial charge in [0.1, 0.15) is 22.4 Å². The Morgan fingerprint density at radius 2 is 2.12 bits per heavy atom. The van der Waals surface area contributed by atoms with Crippen molar-refractivity contribution < 1.29 is 32.6 Å². The molecule has 1 amide bonds. The van der Waals surface area contributed by atoms with Crippen molar-refractivity contribution in [2.24, 2.45) is 5.92 Å². The summed E-state index contributed by atoms with van der Waals surface area (Å²) in [5.41, 5.74) is 0.281. The molecule has 0 aliphatic carbocycles. The first-order valence-electron chi connectivity index (χ1n) is 7.54. The topological polar surface area (TPSA) is 131 Å². The first kappa shape index (κ1) is 19.0. The summed E-state index contributed by atoms with van der Waals surface area (Å²) >= 11 is 0. The van der Waals surface area contributed by atoms with Gasteiger partial charge in [-0.25, -0.2) is 8.42 Å². The van der Waals surface area contributed by atoms with Gasteiger partial charge >= 0.3 is 5.97 Å². The molecule has 1 heterocycles. The van der Waals surface area contributed by atoms with Gasteiger partial charge in [-0.15, -0.1) is 0 Å². The van der Waals surface area contributed by atoms with Crippen LogP contribution in [0.4, 0.5) is 5.69 Å². The number of carbonyl (C=O) groups excluding carboxylic acids is 1. The number of carbonyl (C=O) groups is 2. The highest BCUT2D eigenvalue weighted by Gasteiger charge is 2.30. The lowest BCUT2D eigenvalue weighted by atomic mass is 10.1. The third-order valence-electron chi connectivity index (χ3n) is 3.49. The SMILES string of the molecule is COc1cc2c(cc1S(=O)(=O)N[C@@H](CC(C)C)C(=O)O)OCC(=O)N2. The zero-order valence-electron chi connectivity index (χ0n) is 14.0. The maximum Gasteiger partial charge on any atom is 0.321 e. The fraction of sp³-hybridized carbons (Fsp3) is 0.467. The molecule has 10 heteroatoms. The highest BCUT2D eigenvalue weighted by Crippen LogP contribution is 2.37. The first-order chi connectivity index (χ1) is 11.6. The molecular weight excluding hydrogens is 352 g/mol. The fourth-order valence-corrected chi connectivity index (χ4v) is 3.75. The van der Waals surface area contributed by atoms with Crippen molar-refractivity contribution >= 4 is 27.6 Å². The molecule has 0 bridgehead atoms. The molecule has 1 aromatic carbocycles. The minimum atomic E-state index is -4.19. The minimum Gasteiger partial charge on any atom is -0.495 e. The van der Waals surface area contributed by atoms with Crippen LogP contribution >= 0.6 is 0 Å². The number of carboxylic acid groups (broad SMARTS) is 1. The lowest BCUT2D eigenvalue weighted by Crippen LogP contribution is -2.41. The Morgan fingerprint density at radius 3 is 2.68 bits per heavy atom. The van der Waals surface area contributed by atoms with E-state index in [1.54, 1.807) is 13.8 Å². The number of sulfonamides is 1. The molecule has 0 saturated carbocycles. The molecule has 0 aromatic heterocycles. The number of anilines is 1. The van der Waals surface area contributed by atoms with E-state index in [1.807, 2.05) is 0 Å². The van der Waals surface area contributed by atoms with Crippen molar-refractivity contribution in [2.45, 2.75) is 31.2 Å². The molecular formula is C15H20N2O7S. The van der Waals surface area contributed by atoms with Crippen LogP contribution in [-0.2, 0) is 19.6 Å². The molecule has 1 aliphatic rings. The molecule has 1 aromatic rings. The van der Waals surface area contributed by atoms with Crippen LogP contribution in [0.25, 0.3) is 0 Å². The predicted molar refractivity (Wildman–Crippen MR) is 88.3 cm³/mol. The van der Waals surface area contributed by atoms with Gasteiger partial charge in [0.05, 0.1) is 12.8 Å². The van der Waals surface area contributed by atoms with Gasteiger partial charge in [-0.1, -0.05) is 13.8 Å². The third kappa shape index (κ3) is 4.40. The van der Waals surface area contributed by atoms with E-state index in [9.17, 15) is 23.1 Å². The molecule has 0 saturated heterocycles. The molecule has 0 radical (unpaired) electrons. The third-order valence-corrected chi connectivity index (χ3v) is 4.98. The number of aliphatic carboxylic acids is 1. The number of nitrogens with one attached hydrogen (secondary N) is 2. The molecule has 0 spiro atoms. The molecule has 9 nitrogen and oxygen atoms in total. The van der Waals surface area contributed by atoms with E-state index in [2.05, 4.69) is 10.0 Å². The van der Waals surface area contributed by atoms with E-state index in [0.29, 0.717) is 0 Å². The monoisotopic (exact) mass is 372 g/mol. The quantitative estimate of drug-likeness (QED) is 0.645. The second kappa shape index (κ2) is 7.28. The fourth-order valence-electron chi connectivity index (χ4n) is 2.38. The summed E-state index contributed by atoms with van der Waals surface area (Å²) in [6, 6.07) is 1.25. The van der Waals surface area contributed by atoms with Crippen molar-refractivity contribution in [1.82, 2.24) is 4.72 Å². The number of methoxy groups -OCH3 is 1. The van der Waals surface area contributed by atoms with Crippen LogP contribution < -0.4 is 19.5 Å². The summed E-state index contributed by atoms with van der Waals surface area (Å²) in [6.45, 7) is 3.35. The van der Waals surface area contributed by atoms with Crippen LogP contribution in [0.3, 0.4) is 0 Å². The van der Waals surface area contributed by atoms with E-state index in [4.69, 9.17) is 9.47 Å². The molecule has 0 unspecified atom stereocenters. The molecule has 138 valence electrons. The van der Waals surface area contributed by atoms with Crippen LogP contribution in [0, 0.1) is 5.92 Å². The van der Waals surface area contributed by atoms with Gasteiger partial charge in [0, 0.05) is 12.1 Å². The van der Waals surface area contributed by atoms with Crippen molar-refractivity contribution in [2.75, 3.05) is 19.0 Å². The van der Waals surface area contributed by atoms with Crippen LogP contribution in [-0.4, -0.2) is 45.2 Å². The number of hydrogen-bond donors (Lipinski definition) is 3. The number of fused-ring (bicyclic) bond motifs is 1. The predicted octanol–water partition coefficient (Wildman–Crippen LogP) is 0.804. The number of benzene rings is 1. The van der Waals surface area contributed by atoms with E-state index >= 15 is 0 Å². The maximum atomic E-state index is 12.7. The minimum absolute atomic E-state index is 0.0206. The van der Waals surface area contributed by atoms with Crippen LogP contribution in [0.2, 0.25) is 0 Å². The van der Waals surface area contributed by atoms with Crippen LogP contribution in [0.1, 0.15) is 20.3 Å². The van der Waals surface area contributed by atoms with Gasteiger partial charge in [0.25, 0.3) is 5.91 Å². The lowest BCUT2D eigenvalue weighted by molar-refractivity contribution is -0.139. The van der Waals surface area contributed by atoms with E-state index in [1.165, 1.54) is 19.2 Å². The summed E-state index contributed by atoms with van der Waals surface area (Å²) in [4.78, 5) is 22.4. The molecule has 2 rings (SSSR count). The number of ether oxygens (including phenoxy) is 2. The average Bonchev–Trinajstić information content (AvgIpc) is 2.52. The zero-order chi connectivity index (χ0) is 18.8. The highest BCUT2D eigenvalue weighted by atomic mass is 32.2. The van der Waals surface area contributed by atoms with Gasteiger partial charge in [-0.2, -0.15) is 4.72 Å². The lowest BCUT2D eigenvalue weighted by Gasteiger charge is -2.22. The summed E-state index contributed by atoms with van der Waals surface area (Å²) in [5.74, 6) is -1.53. The van der Waals surface area contributed by atoms with Crippen LogP contribution in [0.15, 0.2) is 17.0 Å². The maximum absolute atomic E-state index is 12.7. The Morgan fingerprint density at radius 1 is 1.44 bits per heavy atom. The standard InChI is InChI=1S/C15H20N2O7S/c1-8(2)4-10(15(19)20)17-25(21,22)13-6-11-9(5-12(13)23-3)16-14(18)7-24-11/h5-6,8,10,17H,4,7H2,1-3H3,(H,16,18)(H,19,20)/t10-/m0/s1. The smallest absolute Gasteiger partial charge is 0.321 e. The van der Waals surface area contributed by atoms with E-state index in [-0.39, 0.29) is 46.9 Å². The molecule has 3 N–H and O–H groups in total. The number of hydrogen-bond acceptors (Lipinski definition) is 6. The molecule has 0 fully saturated rings. The Kier molecular flexibility index (Phi) is 5.53. The second-order valence-electron chi connectivity index (χ2n) is 5.98. The van der Waals surface area contributed by atoms with Gasteiger partial charge in [-0.05, 0) is 12.3 Å². The van der Waals surface area contributed by atoms with Crippen LogP contribution in [0.5, 0.6) is 11.5 Å². The largest absolute Gasteiger partial charge is 0.495 e. The number of rotatable bonds is 7. The Hall–Kier alpha value is -2.33. The van der Waals surface area contributed by atoms with Crippen molar-refractivity contribution in [3.63, 3.8) is 0 Å². The van der Waals surface area contributed by atoms with Crippen molar-refractivity contribution in [3.05, 3.63) is 12.1 Å². The average molecular weight is 372 g/mol. The van der Waals surface area contributed by atoms with Gasteiger partial charge in [0.2, 0.25) is 10.0 Å². The van der Waals surface area contributed by atoms with Gasteiger partial charge in [-0.3, -0.25) is 9.59 Å². The van der Waals surface area contributed by atoms with Crippen molar-refractivity contribution in [1.29, 1.82) is 0 Å². The summed E-state index contributed by atoms with van der Waals surface area (Å²) < 4.78 is 37.8. The van der Waals surface area contributed by atoms with Gasteiger partial charge in [0.15, 0.2) is 6.61 Å². The Labute approximate surface area is 145 Å². The zero-order valence-corrected chi connectivity index (χ0v) is 14.8. The summed E-state index contributed by atoms with van der Waals surface area (Å²) in [6.07, 6.45) is 0.133. The van der Waals surface area contributed by atoms with Crippen molar-refractivity contribution in [3.8, 4) is 11.5 Å². The number of amides is 1. The number of carboxylic acids is 1. The van der Waals surface area contributed by atoms with E-state index < -0.39 is 22.0 Å². The summed E-state index contributed by atoms with van der Waals surface area (Å²) in [7, 11) is -2.92. The Balaban J connectivity index is 2.41. The van der Waals surface area contributed by atoms with Gasteiger partial charge < -0.3 is 19.9 Å². The second-order valence-corrected chi connectivity index (χ2v) is 7.66. The molecule has 1 atom stereocenters. The Bertz CT molecular complexity index is 789. The van der Waals surface area contributed by atoms with E-state index in [0.717, 1.165) is 0 Å².